The number of methoxy groups -OCH3 is 1. The standard InChI is InChI=1S/C18H14BrNO4S/c1-22-16-6-4-12(19)9-15(16)18-20-13(11-25-18)10-24-17(21)7-5-14-3-2-8-23-14/h2-9,11H,10H2,1H3/b7-5+. The van der Waals surface area contributed by atoms with Crippen LogP contribution in [0.25, 0.3) is 16.6 Å². The highest BCUT2D eigenvalue weighted by Gasteiger charge is 2.12. The maximum Gasteiger partial charge on any atom is 0.331 e. The molecule has 0 fully saturated rings. The molecular weight excluding hydrogens is 406 g/mol. The molecule has 0 spiro atoms. The molecular formula is C18H14BrNO4S. The van der Waals surface area contributed by atoms with Gasteiger partial charge in [0.05, 0.1) is 24.6 Å². The van der Waals surface area contributed by atoms with Crippen LogP contribution in [-0.4, -0.2) is 18.1 Å². The molecule has 0 radical (unpaired) electrons. The van der Waals surface area contributed by atoms with Gasteiger partial charge in [-0.15, -0.1) is 11.3 Å². The van der Waals surface area contributed by atoms with Crippen molar-refractivity contribution in [3.63, 3.8) is 0 Å². The van der Waals surface area contributed by atoms with Crippen LogP contribution in [0.1, 0.15) is 11.5 Å². The minimum atomic E-state index is -0.453. The van der Waals surface area contributed by atoms with Gasteiger partial charge in [0.25, 0.3) is 0 Å². The van der Waals surface area contributed by atoms with E-state index in [0.717, 1.165) is 20.8 Å². The van der Waals surface area contributed by atoms with Crippen LogP contribution in [0.4, 0.5) is 0 Å². The molecule has 7 heteroatoms. The molecule has 128 valence electrons. The van der Waals surface area contributed by atoms with Gasteiger partial charge in [0.1, 0.15) is 23.1 Å². The van der Waals surface area contributed by atoms with Gasteiger partial charge in [0.15, 0.2) is 0 Å². The van der Waals surface area contributed by atoms with Crippen LogP contribution in [0.15, 0.2) is 56.9 Å². The first kappa shape index (κ1) is 17.4. The van der Waals surface area contributed by atoms with Gasteiger partial charge in [0, 0.05) is 15.9 Å². The number of carbonyl (C=O) groups is 1. The molecule has 2 aromatic heterocycles. The summed E-state index contributed by atoms with van der Waals surface area (Å²) in [7, 11) is 1.62. The van der Waals surface area contributed by atoms with Crippen LogP contribution in [0.5, 0.6) is 5.75 Å². The van der Waals surface area contributed by atoms with Crippen LogP contribution in [-0.2, 0) is 16.1 Å². The summed E-state index contributed by atoms with van der Waals surface area (Å²) in [5, 5.41) is 2.66. The quantitative estimate of drug-likeness (QED) is 0.418. The van der Waals surface area contributed by atoms with Crippen molar-refractivity contribution in [2.45, 2.75) is 6.61 Å². The van der Waals surface area contributed by atoms with E-state index in [4.69, 9.17) is 13.9 Å². The molecule has 0 saturated carbocycles. The molecule has 0 atom stereocenters. The van der Waals surface area contributed by atoms with Crippen LogP contribution in [0, 0.1) is 0 Å². The molecule has 0 aliphatic rings. The Morgan fingerprint density at radius 1 is 1.40 bits per heavy atom. The van der Waals surface area contributed by atoms with Crippen molar-refractivity contribution in [2.75, 3.05) is 7.11 Å². The highest BCUT2D eigenvalue weighted by molar-refractivity contribution is 9.10. The van der Waals surface area contributed by atoms with Gasteiger partial charge in [-0.2, -0.15) is 0 Å². The topological polar surface area (TPSA) is 61.6 Å². The van der Waals surface area contributed by atoms with Crippen molar-refractivity contribution in [3.8, 4) is 16.3 Å². The van der Waals surface area contributed by atoms with Crippen molar-refractivity contribution in [3.05, 3.63) is 64.0 Å². The Balaban J connectivity index is 1.64. The highest BCUT2D eigenvalue weighted by Crippen LogP contribution is 2.34. The second-order valence-corrected chi connectivity index (χ2v) is 6.72. The fraction of sp³-hybridized carbons (Fsp3) is 0.111. The van der Waals surface area contributed by atoms with Crippen LogP contribution >= 0.6 is 27.3 Å². The van der Waals surface area contributed by atoms with Crippen molar-refractivity contribution in [1.82, 2.24) is 4.98 Å². The third-order valence-electron chi connectivity index (χ3n) is 3.23. The number of hydrogen-bond donors (Lipinski definition) is 0. The fourth-order valence-corrected chi connectivity index (χ4v) is 3.26. The zero-order chi connectivity index (χ0) is 17.6. The molecule has 0 aliphatic heterocycles. The molecule has 3 aromatic rings. The highest BCUT2D eigenvalue weighted by atomic mass is 79.9. The molecule has 0 unspecified atom stereocenters. The third-order valence-corrected chi connectivity index (χ3v) is 4.65. The first-order valence-corrected chi connectivity index (χ1v) is 8.99. The van der Waals surface area contributed by atoms with E-state index in [1.165, 1.54) is 23.7 Å². The number of thiazole rings is 1. The Morgan fingerprint density at radius 2 is 2.28 bits per heavy atom. The molecule has 5 nitrogen and oxygen atoms in total. The average Bonchev–Trinajstić information content (AvgIpc) is 3.30. The molecule has 1 aromatic carbocycles. The van der Waals surface area contributed by atoms with Crippen LogP contribution in [0.3, 0.4) is 0 Å². The maximum atomic E-state index is 11.7. The van der Waals surface area contributed by atoms with Crippen molar-refractivity contribution in [2.24, 2.45) is 0 Å². The Morgan fingerprint density at radius 3 is 3.04 bits per heavy atom. The number of ether oxygens (including phenoxy) is 2. The molecule has 2 heterocycles. The van der Waals surface area contributed by atoms with Gasteiger partial charge in [0.2, 0.25) is 0 Å². The first-order valence-electron chi connectivity index (χ1n) is 7.32. The lowest BCUT2D eigenvalue weighted by molar-refractivity contribution is -0.139. The predicted molar refractivity (Wildman–Crippen MR) is 99.3 cm³/mol. The lowest BCUT2D eigenvalue weighted by Gasteiger charge is -2.06. The Bertz CT molecular complexity index is 886. The van der Waals surface area contributed by atoms with E-state index in [2.05, 4.69) is 20.9 Å². The van der Waals surface area contributed by atoms with Gasteiger partial charge >= 0.3 is 5.97 Å². The van der Waals surface area contributed by atoms with Crippen molar-refractivity contribution in [1.29, 1.82) is 0 Å². The molecule has 25 heavy (non-hydrogen) atoms. The number of esters is 1. The van der Waals surface area contributed by atoms with E-state index in [1.807, 2.05) is 23.6 Å². The van der Waals surface area contributed by atoms with E-state index < -0.39 is 5.97 Å². The average molecular weight is 420 g/mol. The van der Waals surface area contributed by atoms with Gasteiger partial charge in [-0.3, -0.25) is 0 Å². The summed E-state index contributed by atoms with van der Waals surface area (Å²) in [6.07, 6.45) is 4.42. The summed E-state index contributed by atoms with van der Waals surface area (Å²) in [6, 6.07) is 9.23. The SMILES string of the molecule is COc1ccc(Br)cc1-c1nc(COC(=O)/C=C/c2ccco2)cs1. The van der Waals surface area contributed by atoms with Crippen molar-refractivity contribution < 1.29 is 18.7 Å². The third kappa shape index (κ3) is 4.58. The Labute approximate surface area is 157 Å². The van der Waals surface area contributed by atoms with E-state index in [9.17, 15) is 4.79 Å². The molecule has 0 bridgehead atoms. The molecule has 0 saturated heterocycles. The summed E-state index contributed by atoms with van der Waals surface area (Å²) in [5.41, 5.74) is 1.57. The molecule has 0 aliphatic carbocycles. The number of furan rings is 1. The number of carbonyl (C=O) groups excluding carboxylic acids is 1. The second kappa shape index (κ2) is 8.13. The van der Waals surface area contributed by atoms with Crippen LogP contribution < -0.4 is 4.74 Å². The summed E-state index contributed by atoms with van der Waals surface area (Å²) in [5.74, 6) is 0.878. The van der Waals surface area contributed by atoms with Gasteiger partial charge in [-0.25, -0.2) is 9.78 Å². The zero-order valence-corrected chi connectivity index (χ0v) is 15.7. The number of rotatable bonds is 6. The minimum Gasteiger partial charge on any atom is -0.496 e. The Kier molecular flexibility index (Phi) is 5.67. The Hall–Kier alpha value is -2.38. The molecule has 0 N–H and O–H groups in total. The smallest absolute Gasteiger partial charge is 0.331 e. The minimum absolute atomic E-state index is 0.105. The number of hydrogen-bond acceptors (Lipinski definition) is 6. The zero-order valence-electron chi connectivity index (χ0n) is 13.3. The molecule has 3 rings (SSSR count). The van der Waals surface area contributed by atoms with Crippen LogP contribution in [0.2, 0.25) is 0 Å². The monoisotopic (exact) mass is 419 g/mol. The fourth-order valence-electron chi connectivity index (χ4n) is 2.07. The summed E-state index contributed by atoms with van der Waals surface area (Å²) >= 11 is 4.92. The van der Waals surface area contributed by atoms with Crippen molar-refractivity contribution >= 4 is 39.3 Å². The largest absolute Gasteiger partial charge is 0.496 e. The first-order chi connectivity index (χ1) is 12.2. The maximum absolute atomic E-state index is 11.7. The van der Waals surface area contributed by atoms with Gasteiger partial charge in [-0.05, 0) is 36.4 Å². The second-order valence-electron chi connectivity index (χ2n) is 4.95. The molecule has 0 amide bonds. The number of aromatic nitrogens is 1. The van der Waals surface area contributed by atoms with E-state index >= 15 is 0 Å². The van der Waals surface area contributed by atoms with Gasteiger partial charge < -0.3 is 13.9 Å². The van der Waals surface area contributed by atoms with E-state index in [1.54, 1.807) is 25.3 Å². The summed E-state index contributed by atoms with van der Waals surface area (Å²) in [6.45, 7) is 0.105. The number of nitrogens with zero attached hydrogens (tertiary/aromatic N) is 1. The lowest BCUT2D eigenvalue weighted by atomic mass is 10.2. The number of benzene rings is 1. The van der Waals surface area contributed by atoms with Gasteiger partial charge in [-0.1, -0.05) is 15.9 Å². The van der Waals surface area contributed by atoms with E-state index in [0.29, 0.717) is 11.5 Å². The summed E-state index contributed by atoms with van der Waals surface area (Å²) < 4.78 is 16.6. The summed E-state index contributed by atoms with van der Waals surface area (Å²) in [4.78, 5) is 16.2. The lowest BCUT2D eigenvalue weighted by Crippen LogP contribution is -2.00. The predicted octanol–water partition coefficient (Wildman–Crippen LogP) is 4.93. The van der Waals surface area contributed by atoms with E-state index in [-0.39, 0.29) is 6.61 Å². The normalized spacial score (nSPS) is 11.0. The number of halogens is 1.